The Hall–Kier alpha value is -1.53. The lowest BCUT2D eigenvalue weighted by Gasteiger charge is -2.16. The fraction of sp³-hybridized carbons (Fsp3) is 0.111. The van der Waals surface area contributed by atoms with Crippen LogP contribution in [0.3, 0.4) is 0 Å². The van der Waals surface area contributed by atoms with E-state index >= 15 is 0 Å². The van der Waals surface area contributed by atoms with Gasteiger partial charge in [0.25, 0.3) is 5.91 Å². The first kappa shape index (κ1) is 10.0. The summed E-state index contributed by atoms with van der Waals surface area (Å²) >= 11 is 1.45. The summed E-state index contributed by atoms with van der Waals surface area (Å²) in [6.45, 7) is 0. The number of nitrogen functional groups attached to an aromatic ring is 1. The van der Waals surface area contributed by atoms with E-state index in [2.05, 4.69) is 5.32 Å². The van der Waals surface area contributed by atoms with Crippen molar-refractivity contribution in [3.63, 3.8) is 0 Å². The molecule has 0 aromatic heterocycles. The van der Waals surface area contributed by atoms with E-state index < -0.39 is 0 Å². The summed E-state index contributed by atoms with van der Waals surface area (Å²) in [6, 6.07) is 5.08. The average molecular weight is 223 g/mol. The maximum atomic E-state index is 11.2. The molecule has 5 nitrogen and oxygen atoms in total. The lowest BCUT2D eigenvalue weighted by molar-refractivity contribution is -0.113. The van der Waals surface area contributed by atoms with Gasteiger partial charge in [0.05, 0.1) is 11.4 Å². The van der Waals surface area contributed by atoms with Crippen molar-refractivity contribution in [2.45, 2.75) is 4.90 Å². The van der Waals surface area contributed by atoms with Gasteiger partial charge in [0.1, 0.15) is 0 Å². The number of nitrogens with two attached hydrogens (primary N) is 1. The van der Waals surface area contributed by atoms with Crippen molar-refractivity contribution >= 4 is 29.3 Å². The van der Waals surface area contributed by atoms with E-state index in [1.54, 1.807) is 18.2 Å². The van der Waals surface area contributed by atoms with Gasteiger partial charge in [-0.1, -0.05) is 0 Å². The zero-order valence-corrected chi connectivity index (χ0v) is 8.56. The van der Waals surface area contributed by atoms with Crippen LogP contribution < -0.4 is 16.6 Å². The molecule has 0 atom stereocenters. The SMILES string of the molecule is NNC(=O)c1ccc2c(c1)NC(=O)CS2. The first-order valence-electron chi connectivity index (χ1n) is 4.28. The highest BCUT2D eigenvalue weighted by Gasteiger charge is 2.16. The normalized spacial score (nSPS) is 14.1. The van der Waals surface area contributed by atoms with Crippen LogP contribution in [0.5, 0.6) is 0 Å². The monoisotopic (exact) mass is 223 g/mol. The van der Waals surface area contributed by atoms with Crippen LogP contribution >= 0.6 is 11.8 Å². The van der Waals surface area contributed by atoms with Gasteiger partial charge in [-0.05, 0) is 18.2 Å². The minimum atomic E-state index is -0.373. The van der Waals surface area contributed by atoms with Crippen LogP contribution in [0, 0.1) is 0 Å². The molecular weight excluding hydrogens is 214 g/mol. The van der Waals surface area contributed by atoms with Gasteiger partial charge in [0, 0.05) is 10.5 Å². The molecule has 4 N–H and O–H groups in total. The molecule has 0 saturated heterocycles. The van der Waals surface area contributed by atoms with Gasteiger partial charge in [-0.25, -0.2) is 5.84 Å². The Bertz CT molecular complexity index is 433. The third-order valence-corrected chi connectivity index (χ3v) is 3.08. The number of amides is 2. The second-order valence-electron chi connectivity index (χ2n) is 3.02. The van der Waals surface area contributed by atoms with Crippen LogP contribution in [0.15, 0.2) is 23.1 Å². The van der Waals surface area contributed by atoms with Crippen molar-refractivity contribution in [1.29, 1.82) is 0 Å². The Labute approximate surface area is 90.4 Å². The molecule has 0 unspecified atom stereocenters. The molecule has 6 heteroatoms. The predicted octanol–water partition coefficient (Wildman–Crippen LogP) is 0.334. The number of carbonyl (C=O) groups is 2. The van der Waals surface area contributed by atoms with Crippen molar-refractivity contribution < 1.29 is 9.59 Å². The molecule has 0 radical (unpaired) electrons. The quantitative estimate of drug-likeness (QED) is 0.364. The van der Waals surface area contributed by atoms with Gasteiger partial charge in [-0.15, -0.1) is 11.8 Å². The van der Waals surface area contributed by atoms with E-state index in [1.807, 2.05) is 5.43 Å². The van der Waals surface area contributed by atoms with Crippen molar-refractivity contribution in [1.82, 2.24) is 5.43 Å². The maximum absolute atomic E-state index is 11.2. The summed E-state index contributed by atoms with van der Waals surface area (Å²) in [5.74, 6) is 5.00. The molecule has 0 bridgehead atoms. The van der Waals surface area contributed by atoms with Crippen LogP contribution in [-0.2, 0) is 4.79 Å². The molecule has 15 heavy (non-hydrogen) atoms. The number of hydrogen-bond donors (Lipinski definition) is 3. The minimum Gasteiger partial charge on any atom is -0.324 e. The molecule has 0 spiro atoms. The van der Waals surface area contributed by atoms with E-state index in [9.17, 15) is 9.59 Å². The summed E-state index contributed by atoms with van der Waals surface area (Å²) in [5.41, 5.74) is 3.13. The van der Waals surface area contributed by atoms with E-state index in [0.29, 0.717) is 17.0 Å². The summed E-state index contributed by atoms with van der Waals surface area (Å²) in [7, 11) is 0. The Kier molecular flexibility index (Phi) is 2.61. The molecular formula is C9H9N3O2S. The minimum absolute atomic E-state index is 0.0576. The number of hydrogen-bond acceptors (Lipinski definition) is 4. The molecule has 1 heterocycles. The van der Waals surface area contributed by atoms with E-state index in [-0.39, 0.29) is 11.8 Å². The molecule has 0 saturated carbocycles. The van der Waals surface area contributed by atoms with Gasteiger partial charge in [0.15, 0.2) is 0 Å². The summed E-state index contributed by atoms with van der Waals surface area (Å²) < 4.78 is 0. The average Bonchev–Trinajstić information content (AvgIpc) is 2.27. The summed E-state index contributed by atoms with van der Waals surface area (Å²) in [4.78, 5) is 23.3. The van der Waals surface area contributed by atoms with E-state index in [1.165, 1.54) is 11.8 Å². The number of benzene rings is 1. The van der Waals surface area contributed by atoms with Gasteiger partial charge < -0.3 is 5.32 Å². The number of carbonyl (C=O) groups excluding carboxylic acids is 2. The van der Waals surface area contributed by atoms with Crippen molar-refractivity contribution in [2.75, 3.05) is 11.1 Å². The standard InChI is InChI=1S/C9H9N3O2S/c10-12-9(14)5-1-2-7-6(3-5)11-8(13)4-15-7/h1-3H,4,10H2,(H,11,13)(H,12,14). The fourth-order valence-electron chi connectivity index (χ4n) is 1.31. The first-order valence-corrected chi connectivity index (χ1v) is 5.27. The number of thioether (sulfide) groups is 1. The van der Waals surface area contributed by atoms with E-state index in [0.717, 1.165) is 4.90 Å². The highest BCUT2D eigenvalue weighted by atomic mass is 32.2. The molecule has 1 aliphatic heterocycles. The van der Waals surface area contributed by atoms with Crippen LogP contribution in [0.25, 0.3) is 0 Å². The fourth-order valence-corrected chi connectivity index (χ4v) is 2.10. The number of hydrazine groups is 1. The molecule has 0 fully saturated rings. The summed E-state index contributed by atoms with van der Waals surface area (Å²) in [5, 5.41) is 2.70. The number of anilines is 1. The van der Waals surface area contributed by atoms with Crippen LogP contribution in [0.1, 0.15) is 10.4 Å². The maximum Gasteiger partial charge on any atom is 0.265 e. The number of nitrogens with one attached hydrogen (secondary N) is 2. The molecule has 2 amide bonds. The first-order chi connectivity index (χ1) is 7.20. The van der Waals surface area contributed by atoms with Gasteiger partial charge in [-0.3, -0.25) is 15.0 Å². The zero-order chi connectivity index (χ0) is 10.8. The second-order valence-corrected chi connectivity index (χ2v) is 4.04. The smallest absolute Gasteiger partial charge is 0.265 e. The molecule has 2 rings (SSSR count). The predicted molar refractivity (Wildman–Crippen MR) is 57.4 cm³/mol. The van der Waals surface area contributed by atoms with Gasteiger partial charge in [0.2, 0.25) is 5.91 Å². The number of rotatable bonds is 1. The third-order valence-electron chi connectivity index (χ3n) is 2.01. The highest BCUT2D eigenvalue weighted by Crippen LogP contribution is 2.31. The molecule has 1 aromatic rings. The van der Waals surface area contributed by atoms with Gasteiger partial charge in [-0.2, -0.15) is 0 Å². The second kappa shape index (κ2) is 3.92. The van der Waals surface area contributed by atoms with Crippen molar-refractivity contribution in [3.05, 3.63) is 23.8 Å². The molecule has 1 aliphatic rings. The van der Waals surface area contributed by atoms with Crippen LogP contribution in [-0.4, -0.2) is 17.6 Å². The Morgan fingerprint density at radius 3 is 3.07 bits per heavy atom. The Balaban J connectivity index is 2.36. The molecule has 1 aromatic carbocycles. The van der Waals surface area contributed by atoms with Gasteiger partial charge >= 0.3 is 0 Å². The Morgan fingerprint density at radius 2 is 2.33 bits per heavy atom. The van der Waals surface area contributed by atoms with Crippen LogP contribution in [0.2, 0.25) is 0 Å². The van der Waals surface area contributed by atoms with Crippen molar-refractivity contribution in [2.24, 2.45) is 5.84 Å². The molecule has 0 aliphatic carbocycles. The lowest BCUT2D eigenvalue weighted by atomic mass is 10.2. The molecule has 78 valence electrons. The van der Waals surface area contributed by atoms with Crippen LogP contribution in [0.4, 0.5) is 5.69 Å². The third kappa shape index (κ3) is 1.95. The van der Waals surface area contributed by atoms with E-state index in [4.69, 9.17) is 5.84 Å². The topological polar surface area (TPSA) is 84.2 Å². The summed E-state index contributed by atoms with van der Waals surface area (Å²) in [6.07, 6.45) is 0. The largest absolute Gasteiger partial charge is 0.324 e. The number of fused-ring (bicyclic) bond motifs is 1. The highest BCUT2D eigenvalue weighted by molar-refractivity contribution is 8.00. The zero-order valence-electron chi connectivity index (χ0n) is 7.74. The Morgan fingerprint density at radius 1 is 1.53 bits per heavy atom. The van der Waals surface area contributed by atoms with Crippen molar-refractivity contribution in [3.8, 4) is 0 Å². The lowest BCUT2D eigenvalue weighted by Crippen LogP contribution is -2.30.